The predicted molar refractivity (Wildman–Crippen MR) is 96.2 cm³/mol. The van der Waals surface area contributed by atoms with Gasteiger partial charge in [0.2, 0.25) is 5.95 Å². The quantitative estimate of drug-likeness (QED) is 0.666. The largest absolute Gasteiger partial charge is 0.340 e. The van der Waals surface area contributed by atoms with Crippen LogP contribution in [0.5, 0.6) is 0 Å². The average molecular weight is 336 g/mol. The summed E-state index contributed by atoms with van der Waals surface area (Å²) < 4.78 is 13.0. The molecule has 3 rings (SSSR count). The van der Waals surface area contributed by atoms with Gasteiger partial charge in [0.1, 0.15) is 11.6 Å². The molecule has 0 saturated carbocycles. The first kappa shape index (κ1) is 16.6. The summed E-state index contributed by atoms with van der Waals surface area (Å²) in [6.07, 6.45) is 0. The molecule has 1 heterocycles. The molecule has 0 atom stereocenters. The summed E-state index contributed by atoms with van der Waals surface area (Å²) in [4.78, 5) is 20.1. The third-order valence-electron chi connectivity index (χ3n) is 3.52. The van der Waals surface area contributed by atoms with Crippen LogP contribution in [0.25, 0.3) is 0 Å². The fraction of sp³-hybridized carbons (Fsp3) is 0.105. The van der Waals surface area contributed by atoms with Crippen LogP contribution in [0.1, 0.15) is 23.0 Å². The Morgan fingerprint density at radius 2 is 1.52 bits per heavy atom. The number of hydrogen-bond acceptors (Lipinski definition) is 5. The Hall–Kier alpha value is -3.28. The van der Waals surface area contributed by atoms with Crippen molar-refractivity contribution in [2.75, 3.05) is 10.6 Å². The Labute approximate surface area is 145 Å². The predicted octanol–water partition coefficient (Wildman–Crippen LogP) is 4.61. The lowest BCUT2D eigenvalue weighted by atomic mass is 10.1. The first-order valence-corrected chi connectivity index (χ1v) is 7.76. The molecule has 0 fully saturated rings. The Kier molecular flexibility index (Phi) is 4.70. The molecule has 0 amide bonds. The SMILES string of the molecule is CC(=O)c1ccc(Nc2cc(C)nc(Nc3ccc(F)cc3)n2)cc1. The molecule has 126 valence electrons. The van der Waals surface area contributed by atoms with E-state index in [1.807, 2.05) is 25.1 Å². The van der Waals surface area contributed by atoms with Gasteiger partial charge in [-0.25, -0.2) is 9.37 Å². The summed E-state index contributed by atoms with van der Waals surface area (Å²) in [7, 11) is 0. The summed E-state index contributed by atoms with van der Waals surface area (Å²) in [5.41, 5.74) is 2.95. The Morgan fingerprint density at radius 3 is 2.16 bits per heavy atom. The molecule has 0 bridgehead atoms. The zero-order valence-electron chi connectivity index (χ0n) is 13.9. The van der Waals surface area contributed by atoms with Crippen molar-refractivity contribution in [3.05, 3.63) is 71.7 Å². The van der Waals surface area contributed by atoms with Gasteiger partial charge in [-0.1, -0.05) is 0 Å². The lowest BCUT2D eigenvalue weighted by molar-refractivity contribution is 0.101. The number of benzene rings is 2. The van der Waals surface area contributed by atoms with Gasteiger partial charge in [0.05, 0.1) is 0 Å². The normalized spacial score (nSPS) is 10.4. The standard InChI is InChI=1S/C19H17FN4O/c1-12-11-18(22-16-7-3-14(4-8-16)13(2)25)24-19(21-12)23-17-9-5-15(20)6-10-17/h3-11H,1-2H3,(H2,21,22,23,24). The van der Waals surface area contributed by atoms with Crippen molar-refractivity contribution in [1.29, 1.82) is 0 Å². The van der Waals surface area contributed by atoms with Gasteiger partial charge in [-0.3, -0.25) is 4.79 Å². The molecule has 2 aromatic carbocycles. The average Bonchev–Trinajstić information content (AvgIpc) is 2.57. The number of halogens is 1. The molecule has 0 radical (unpaired) electrons. The first-order chi connectivity index (χ1) is 12.0. The number of rotatable bonds is 5. The Balaban J connectivity index is 1.79. The van der Waals surface area contributed by atoms with Gasteiger partial charge >= 0.3 is 0 Å². The molecule has 6 heteroatoms. The van der Waals surface area contributed by atoms with E-state index in [0.717, 1.165) is 11.4 Å². The summed E-state index contributed by atoms with van der Waals surface area (Å²) in [6.45, 7) is 3.39. The number of hydrogen-bond donors (Lipinski definition) is 2. The van der Waals surface area contributed by atoms with Crippen LogP contribution in [0.15, 0.2) is 54.6 Å². The minimum Gasteiger partial charge on any atom is -0.340 e. The second kappa shape index (κ2) is 7.09. The van der Waals surface area contributed by atoms with Gasteiger partial charge in [0.15, 0.2) is 5.78 Å². The second-order valence-electron chi connectivity index (χ2n) is 5.61. The van der Waals surface area contributed by atoms with Crippen LogP contribution in [0.4, 0.5) is 27.5 Å². The topological polar surface area (TPSA) is 66.9 Å². The number of Topliss-reactive ketones (excluding diaryl/α,β-unsaturated/α-hetero) is 1. The molecule has 25 heavy (non-hydrogen) atoms. The van der Waals surface area contributed by atoms with Crippen LogP contribution in [0.3, 0.4) is 0 Å². The molecule has 5 nitrogen and oxygen atoms in total. The lowest BCUT2D eigenvalue weighted by Crippen LogP contribution is -2.02. The maximum atomic E-state index is 13.0. The number of anilines is 4. The number of carbonyl (C=O) groups is 1. The van der Waals surface area contributed by atoms with Crippen LogP contribution in [-0.4, -0.2) is 15.8 Å². The highest BCUT2D eigenvalue weighted by atomic mass is 19.1. The fourth-order valence-electron chi connectivity index (χ4n) is 2.29. The molecule has 1 aromatic heterocycles. The maximum absolute atomic E-state index is 13.0. The zero-order chi connectivity index (χ0) is 17.8. The first-order valence-electron chi connectivity index (χ1n) is 7.76. The maximum Gasteiger partial charge on any atom is 0.229 e. The molecular weight excluding hydrogens is 319 g/mol. The van der Waals surface area contributed by atoms with E-state index >= 15 is 0 Å². The molecule has 0 aliphatic rings. The van der Waals surface area contributed by atoms with Crippen LogP contribution in [-0.2, 0) is 0 Å². The van der Waals surface area contributed by atoms with Crippen molar-refractivity contribution < 1.29 is 9.18 Å². The molecule has 0 saturated heterocycles. The highest BCUT2D eigenvalue weighted by Gasteiger charge is 2.05. The van der Waals surface area contributed by atoms with Crippen molar-refractivity contribution in [3.63, 3.8) is 0 Å². The number of carbonyl (C=O) groups excluding carboxylic acids is 1. The van der Waals surface area contributed by atoms with Gasteiger partial charge < -0.3 is 10.6 Å². The van der Waals surface area contributed by atoms with E-state index in [2.05, 4.69) is 20.6 Å². The summed E-state index contributed by atoms with van der Waals surface area (Å²) in [5, 5.41) is 6.23. The third kappa shape index (κ3) is 4.38. The molecule has 0 unspecified atom stereocenters. The van der Waals surface area contributed by atoms with E-state index in [0.29, 0.717) is 23.0 Å². The number of aryl methyl sites for hydroxylation is 1. The second-order valence-corrected chi connectivity index (χ2v) is 5.61. The fourth-order valence-corrected chi connectivity index (χ4v) is 2.29. The minimum atomic E-state index is -0.299. The summed E-state index contributed by atoms with van der Waals surface area (Å²) in [5.74, 6) is 0.754. The van der Waals surface area contributed by atoms with Crippen LogP contribution >= 0.6 is 0 Å². The van der Waals surface area contributed by atoms with Crippen molar-refractivity contribution in [2.24, 2.45) is 0 Å². The molecule has 2 N–H and O–H groups in total. The van der Waals surface area contributed by atoms with Crippen LogP contribution < -0.4 is 10.6 Å². The lowest BCUT2D eigenvalue weighted by Gasteiger charge is -2.10. The molecular formula is C19H17FN4O. The molecule has 0 aliphatic heterocycles. The van der Waals surface area contributed by atoms with Gasteiger partial charge in [-0.05, 0) is 62.4 Å². The number of ketones is 1. The van der Waals surface area contributed by atoms with E-state index in [1.165, 1.54) is 19.1 Å². The van der Waals surface area contributed by atoms with Crippen molar-refractivity contribution in [3.8, 4) is 0 Å². The van der Waals surface area contributed by atoms with E-state index in [4.69, 9.17) is 0 Å². The Bertz CT molecular complexity index is 892. The zero-order valence-corrected chi connectivity index (χ0v) is 13.9. The van der Waals surface area contributed by atoms with Gasteiger partial charge in [0, 0.05) is 28.7 Å². The summed E-state index contributed by atoms with van der Waals surface area (Å²) in [6, 6.07) is 15.0. The van der Waals surface area contributed by atoms with E-state index in [9.17, 15) is 9.18 Å². The number of nitrogens with zero attached hydrogens (tertiary/aromatic N) is 2. The van der Waals surface area contributed by atoms with Crippen LogP contribution in [0.2, 0.25) is 0 Å². The van der Waals surface area contributed by atoms with Gasteiger partial charge in [0.25, 0.3) is 0 Å². The van der Waals surface area contributed by atoms with Gasteiger partial charge in [-0.2, -0.15) is 4.98 Å². The molecule has 3 aromatic rings. The van der Waals surface area contributed by atoms with E-state index in [-0.39, 0.29) is 11.6 Å². The van der Waals surface area contributed by atoms with E-state index < -0.39 is 0 Å². The number of aromatic nitrogens is 2. The van der Waals surface area contributed by atoms with Crippen molar-refractivity contribution in [1.82, 2.24) is 9.97 Å². The minimum absolute atomic E-state index is 0.0233. The Morgan fingerprint density at radius 1 is 0.920 bits per heavy atom. The smallest absolute Gasteiger partial charge is 0.229 e. The molecule has 0 spiro atoms. The van der Waals surface area contributed by atoms with Crippen LogP contribution in [0, 0.1) is 12.7 Å². The summed E-state index contributed by atoms with van der Waals surface area (Å²) >= 11 is 0. The van der Waals surface area contributed by atoms with Gasteiger partial charge in [-0.15, -0.1) is 0 Å². The molecule has 0 aliphatic carbocycles. The van der Waals surface area contributed by atoms with Crippen molar-refractivity contribution in [2.45, 2.75) is 13.8 Å². The third-order valence-corrected chi connectivity index (χ3v) is 3.52. The van der Waals surface area contributed by atoms with E-state index in [1.54, 1.807) is 24.3 Å². The number of nitrogens with one attached hydrogen (secondary N) is 2. The highest BCUT2D eigenvalue weighted by molar-refractivity contribution is 5.94. The van der Waals surface area contributed by atoms with Crippen molar-refractivity contribution >= 4 is 28.9 Å². The monoisotopic (exact) mass is 336 g/mol. The highest BCUT2D eigenvalue weighted by Crippen LogP contribution is 2.20.